The predicted octanol–water partition coefficient (Wildman–Crippen LogP) is 4.55. The van der Waals surface area contributed by atoms with Crippen molar-refractivity contribution in [2.75, 3.05) is 22.9 Å². The number of hydrogen-bond donors (Lipinski definition) is 0. The molecule has 0 aliphatic carbocycles. The molecule has 0 saturated heterocycles. The molecule has 0 N–H and O–H groups in total. The third kappa shape index (κ3) is 5.62. The number of rotatable bonds is 4. The van der Waals surface area contributed by atoms with Gasteiger partial charge in [-0.3, -0.25) is 9.69 Å². The highest BCUT2D eigenvalue weighted by Crippen LogP contribution is 2.35. The first-order valence-corrected chi connectivity index (χ1v) is 10.8. The molecule has 3 rings (SSSR count). The van der Waals surface area contributed by atoms with Gasteiger partial charge in [0.15, 0.2) is 5.82 Å². The molecule has 8 heteroatoms. The zero-order valence-corrected chi connectivity index (χ0v) is 19.2. The van der Waals surface area contributed by atoms with Gasteiger partial charge in [0.1, 0.15) is 5.60 Å². The first kappa shape index (κ1) is 22.8. The predicted molar refractivity (Wildman–Crippen MR) is 118 cm³/mol. The summed E-state index contributed by atoms with van der Waals surface area (Å²) in [4.78, 5) is 33.8. The van der Waals surface area contributed by atoms with E-state index in [1.54, 1.807) is 9.80 Å². The molecule has 2 aromatic rings. The lowest BCUT2D eigenvalue weighted by Gasteiger charge is -2.28. The fraction of sp³-hybridized carbons (Fsp3) is 0.565. The van der Waals surface area contributed by atoms with Crippen LogP contribution in [0.5, 0.6) is 0 Å². The van der Waals surface area contributed by atoms with Crippen LogP contribution in [0.4, 0.5) is 16.2 Å². The molecule has 8 nitrogen and oxygen atoms in total. The van der Waals surface area contributed by atoms with Crippen LogP contribution in [0, 0.1) is 5.92 Å². The molecule has 31 heavy (non-hydrogen) atoms. The summed E-state index contributed by atoms with van der Waals surface area (Å²) in [7, 11) is 0. The molecule has 2 heterocycles. The minimum atomic E-state index is -0.601. The summed E-state index contributed by atoms with van der Waals surface area (Å²) in [6.07, 6.45) is 0.211. The number of carbonyl (C=O) groups excluding carboxylic acids is 2. The number of aryl methyl sites for hydroxylation is 1. The van der Waals surface area contributed by atoms with Gasteiger partial charge in [0.25, 0.3) is 0 Å². The first-order valence-electron chi connectivity index (χ1n) is 10.8. The van der Waals surface area contributed by atoms with Crippen molar-refractivity contribution in [1.29, 1.82) is 0 Å². The number of anilines is 2. The Balaban J connectivity index is 1.81. The number of ether oxygens (including phenoxy) is 1. The number of aromatic nitrogens is 2. The maximum Gasteiger partial charge on any atom is 0.414 e. The van der Waals surface area contributed by atoms with E-state index in [2.05, 4.69) is 10.1 Å². The number of carbonyl (C=O) groups is 2. The quantitative estimate of drug-likeness (QED) is 0.710. The Morgan fingerprint density at radius 2 is 1.77 bits per heavy atom. The smallest absolute Gasteiger partial charge is 0.414 e. The third-order valence-electron chi connectivity index (χ3n) is 4.92. The number of nitrogens with zero attached hydrogens (tertiary/aromatic N) is 4. The van der Waals surface area contributed by atoms with Crippen molar-refractivity contribution < 1.29 is 18.8 Å². The molecular formula is C23H32N4O4. The van der Waals surface area contributed by atoms with Crippen LogP contribution in [0.1, 0.15) is 65.6 Å². The molecule has 2 amide bonds. The molecule has 1 aromatic heterocycles. The lowest BCUT2D eigenvalue weighted by molar-refractivity contribution is -0.118. The number of amides is 2. The first-order chi connectivity index (χ1) is 14.5. The standard InChI is InChI=1S/C23H32N4O4/c1-15(2)21-24-19(31-25-21)11-12-20(28)26-13-16(3)14-27(22(29)30-23(4,5)6)18-10-8-7-9-17(18)26/h7-10,15-16H,11-14H2,1-6H3. The lowest BCUT2D eigenvalue weighted by atomic mass is 10.1. The van der Waals surface area contributed by atoms with Crippen molar-refractivity contribution in [1.82, 2.24) is 10.1 Å². The van der Waals surface area contributed by atoms with E-state index in [0.717, 1.165) is 0 Å². The van der Waals surface area contributed by atoms with Crippen LogP contribution in [0.2, 0.25) is 0 Å². The molecule has 0 fully saturated rings. The summed E-state index contributed by atoms with van der Waals surface area (Å²) in [6.45, 7) is 12.5. The minimum absolute atomic E-state index is 0.0466. The maximum absolute atomic E-state index is 13.2. The van der Waals surface area contributed by atoms with E-state index in [1.165, 1.54) is 0 Å². The van der Waals surface area contributed by atoms with E-state index >= 15 is 0 Å². The fourth-order valence-electron chi connectivity index (χ4n) is 3.48. The zero-order chi connectivity index (χ0) is 22.8. The van der Waals surface area contributed by atoms with E-state index in [0.29, 0.717) is 42.6 Å². The molecule has 1 aromatic carbocycles. The van der Waals surface area contributed by atoms with Gasteiger partial charge in [-0.1, -0.05) is 38.1 Å². The molecule has 0 radical (unpaired) electrons. The Labute approximate surface area is 183 Å². The Hall–Kier alpha value is -2.90. The number of para-hydroxylation sites is 2. The molecule has 0 bridgehead atoms. The lowest BCUT2D eigenvalue weighted by Crippen LogP contribution is -2.39. The average Bonchev–Trinajstić information content (AvgIpc) is 3.11. The average molecular weight is 429 g/mol. The van der Waals surface area contributed by atoms with Crippen LogP contribution in [0.15, 0.2) is 28.8 Å². The normalized spacial score (nSPS) is 16.8. The largest absolute Gasteiger partial charge is 0.443 e. The van der Waals surface area contributed by atoms with Crippen molar-refractivity contribution in [3.8, 4) is 0 Å². The SMILES string of the molecule is CC1CN(C(=O)CCc2nc(C(C)C)no2)c2ccccc2N(C(=O)OC(C)(C)C)C1. The molecule has 1 unspecified atom stereocenters. The summed E-state index contributed by atoms with van der Waals surface area (Å²) < 4.78 is 10.9. The van der Waals surface area contributed by atoms with E-state index in [-0.39, 0.29) is 24.2 Å². The van der Waals surface area contributed by atoms with E-state index < -0.39 is 11.7 Å². The van der Waals surface area contributed by atoms with Crippen LogP contribution in [-0.4, -0.2) is 40.8 Å². The van der Waals surface area contributed by atoms with Gasteiger partial charge in [-0.05, 0) is 38.8 Å². The highest BCUT2D eigenvalue weighted by Gasteiger charge is 2.33. The van der Waals surface area contributed by atoms with Crippen LogP contribution in [-0.2, 0) is 16.0 Å². The second-order valence-corrected chi connectivity index (χ2v) is 9.39. The van der Waals surface area contributed by atoms with Gasteiger partial charge in [0.05, 0.1) is 11.4 Å². The summed E-state index contributed by atoms with van der Waals surface area (Å²) in [5, 5.41) is 3.96. The Kier molecular flexibility index (Phi) is 6.67. The van der Waals surface area contributed by atoms with Gasteiger partial charge in [-0.2, -0.15) is 4.98 Å². The molecular weight excluding hydrogens is 396 g/mol. The molecule has 1 aliphatic heterocycles. The minimum Gasteiger partial charge on any atom is -0.443 e. The highest BCUT2D eigenvalue weighted by molar-refractivity contribution is 6.01. The van der Waals surface area contributed by atoms with Crippen molar-refractivity contribution in [3.63, 3.8) is 0 Å². The van der Waals surface area contributed by atoms with Crippen LogP contribution in [0.3, 0.4) is 0 Å². The molecule has 1 atom stereocenters. The Morgan fingerprint density at radius 1 is 1.16 bits per heavy atom. The second kappa shape index (κ2) is 9.08. The highest BCUT2D eigenvalue weighted by atomic mass is 16.6. The van der Waals surface area contributed by atoms with Gasteiger partial charge < -0.3 is 14.2 Å². The molecule has 0 saturated carbocycles. The van der Waals surface area contributed by atoms with Gasteiger partial charge in [-0.15, -0.1) is 0 Å². The van der Waals surface area contributed by atoms with E-state index in [1.807, 2.05) is 65.8 Å². The second-order valence-electron chi connectivity index (χ2n) is 9.39. The maximum atomic E-state index is 13.2. The molecule has 1 aliphatic rings. The number of benzene rings is 1. The van der Waals surface area contributed by atoms with Crippen LogP contribution in [0.25, 0.3) is 0 Å². The zero-order valence-electron chi connectivity index (χ0n) is 19.2. The summed E-state index contributed by atoms with van der Waals surface area (Å²) in [6, 6.07) is 7.45. The summed E-state index contributed by atoms with van der Waals surface area (Å²) in [5.41, 5.74) is 0.779. The van der Waals surface area contributed by atoms with Crippen molar-refractivity contribution in [2.24, 2.45) is 5.92 Å². The Bertz CT molecular complexity index is 932. The van der Waals surface area contributed by atoms with Gasteiger partial charge in [0.2, 0.25) is 11.8 Å². The van der Waals surface area contributed by atoms with E-state index in [9.17, 15) is 9.59 Å². The molecule has 0 spiro atoms. The summed E-state index contributed by atoms with van der Waals surface area (Å²) in [5.74, 6) is 1.30. The summed E-state index contributed by atoms with van der Waals surface area (Å²) >= 11 is 0. The van der Waals surface area contributed by atoms with Gasteiger partial charge >= 0.3 is 6.09 Å². The van der Waals surface area contributed by atoms with Gasteiger partial charge in [0, 0.05) is 31.8 Å². The van der Waals surface area contributed by atoms with Crippen LogP contribution >= 0.6 is 0 Å². The fourth-order valence-corrected chi connectivity index (χ4v) is 3.48. The number of hydrogen-bond acceptors (Lipinski definition) is 6. The van der Waals surface area contributed by atoms with Crippen molar-refractivity contribution in [2.45, 2.75) is 65.9 Å². The van der Waals surface area contributed by atoms with Crippen molar-refractivity contribution in [3.05, 3.63) is 36.0 Å². The Morgan fingerprint density at radius 3 is 2.35 bits per heavy atom. The third-order valence-corrected chi connectivity index (χ3v) is 4.92. The van der Waals surface area contributed by atoms with Crippen LogP contribution < -0.4 is 9.80 Å². The number of fused-ring (bicyclic) bond motifs is 1. The monoisotopic (exact) mass is 428 g/mol. The van der Waals surface area contributed by atoms with E-state index in [4.69, 9.17) is 9.26 Å². The molecule has 168 valence electrons. The van der Waals surface area contributed by atoms with Gasteiger partial charge in [-0.25, -0.2) is 4.79 Å². The topological polar surface area (TPSA) is 88.8 Å². The van der Waals surface area contributed by atoms with Crippen molar-refractivity contribution >= 4 is 23.4 Å².